The van der Waals surface area contributed by atoms with E-state index in [1.54, 1.807) is 6.33 Å². The average Bonchev–Trinajstić information content (AvgIpc) is 3.80. The van der Waals surface area contributed by atoms with Gasteiger partial charge in [0, 0.05) is 69.4 Å². The smallest absolute Gasteiger partial charge is 0.148 e. The Kier molecular flexibility index (Phi) is 11.4. The van der Waals surface area contributed by atoms with Gasteiger partial charge in [0.15, 0.2) is 0 Å². The van der Waals surface area contributed by atoms with Crippen LogP contribution in [0.3, 0.4) is 0 Å². The third-order valence-electron chi connectivity index (χ3n) is 13.3. The Bertz CT molecular complexity index is 3320. The number of aromatic nitrogens is 8. The van der Waals surface area contributed by atoms with Crippen LogP contribution < -0.4 is 0 Å². The zero-order valence-corrected chi connectivity index (χ0v) is 43.7. The van der Waals surface area contributed by atoms with E-state index >= 15 is 0 Å². The number of fused-ring (bicyclic) bond motifs is 2. The van der Waals surface area contributed by atoms with Gasteiger partial charge in [-0.2, -0.15) is 0 Å². The summed E-state index contributed by atoms with van der Waals surface area (Å²) in [5.74, 6) is 1.68. The first kappa shape index (κ1) is 47.8. The molecule has 0 aliphatic heterocycles. The molecule has 0 bridgehead atoms. The van der Waals surface area contributed by atoms with Gasteiger partial charge in [0.25, 0.3) is 0 Å². The highest BCUT2D eigenvalue weighted by molar-refractivity contribution is 5.97. The number of nitrogens with zero attached hydrogens (tertiary/aromatic N) is 8. The van der Waals surface area contributed by atoms with Gasteiger partial charge in [-0.05, 0) is 90.7 Å². The number of pyridine rings is 2. The summed E-state index contributed by atoms with van der Waals surface area (Å²) in [7, 11) is 4.02. The molecule has 0 fully saturated rings. The van der Waals surface area contributed by atoms with Gasteiger partial charge < -0.3 is 19.3 Å². The summed E-state index contributed by atoms with van der Waals surface area (Å²) in [6.07, 6.45) is 1.64. The van der Waals surface area contributed by atoms with Crippen LogP contribution in [0.1, 0.15) is 117 Å². The Balaban J connectivity index is 1.11. The molecule has 0 aliphatic rings. The number of benzene rings is 4. The second kappa shape index (κ2) is 16.7. The summed E-state index contributed by atoms with van der Waals surface area (Å²) < 4.78 is 4.14. The first-order valence-electron chi connectivity index (χ1n) is 24.2. The van der Waals surface area contributed by atoms with Crippen LogP contribution in [0.2, 0.25) is 0 Å². The lowest BCUT2D eigenvalue weighted by Gasteiger charge is -2.26. The van der Waals surface area contributed by atoms with Crippen molar-refractivity contribution in [2.45, 2.75) is 119 Å². The zero-order chi connectivity index (χ0) is 50.6. The molecule has 70 heavy (non-hydrogen) atoms. The number of para-hydroxylation sites is 2. The van der Waals surface area contributed by atoms with Crippen LogP contribution in [0, 0.1) is 13.8 Å². The number of aryl methyl sites for hydroxylation is 4. The fourth-order valence-corrected chi connectivity index (χ4v) is 9.45. The number of rotatable bonds is 6. The molecule has 5 aromatic heterocycles. The van der Waals surface area contributed by atoms with Crippen LogP contribution in [-0.4, -0.2) is 49.3 Å². The molecule has 0 unspecified atom stereocenters. The highest BCUT2D eigenvalue weighted by Gasteiger charge is 2.31. The van der Waals surface area contributed by atoms with Crippen molar-refractivity contribution in [3.8, 4) is 79.0 Å². The van der Waals surface area contributed by atoms with Crippen LogP contribution in [0.5, 0.6) is 11.5 Å². The zero-order valence-electron chi connectivity index (χ0n) is 43.7. The Morgan fingerprint density at radius 2 is 0.786 bits per heavy atom. The second-order valence-corrected chi connectivity index (χ2v) is 23.3. The topological polar surface area (TPSA) is 128 Å². The van der Waals surface area contributed by atoms with E-state index in [0.717, 1.165) is 89.4 Å². The molecule has 358 valence electrons. The van der Waals surface area contributed by atoms with E-state index < -0.39 is 0 Å². The van der Waals surface area contributed by atoms with Crippen LogP contribution in [-0.2, 0) is 35.8 Å². The van der Waals surface area contributed by atoms with Crippen molar-refractivity contribution < 1.29 is 10.2 Å². The van der Waals surface area contributed by atoms with Crippen molar-refractivity contribution in [1.29, 1.82) is 0 Å². The quantitative estimate of drug-likeness (QED) is 0.169. The third-order valence-corrected chi connectivity index (χ3v) is 13.3. The number of aromatic hydroxyl groups is 2. The van der Waals surface area contributed by atoms with E-state index in [1.165, 1.54) is 0 Å². The minimum absolute atomic E-state index is 0.160. The molecular weight excluding hydrogens is 865 g/mol. The Morgan fingerprint density at radius 1 is 0.414 bits per heavy atom. The molecule has 0 spiro atoms. The van der Waals surface area contributed by atoms with E-state index in [-0.39, 0.29) is 33.2 Å². The minimum atomic E-state index is -0.378. The lowest BCUT2D eigenvalue weighted by molar-refractivity contribution is 0.432. The summed E-state index contributed by atoms with van der Waals surface area (Å²) in [6, 6.07) is 31.6. The van der Waals surface area contributed by atoms with E-state index in [4.69, 9.17) is 29.9 Å². The lowest BCUT2D eigenvalue weighted by atomic mass is 9.85. The fourth-order valence-electron chi connectivity index (χ4n) is 9.45. The maximum absolute atomic E-state index is 11.8. The number of imidazole rings is 2. The molecule has 0 atom stereocenters. The maximum Gasteiger partial charge on any atom is 0.148 e. The number of hydrogen-bond donors (Lipinski definition) is 2. The fraction of sp³-hybridized carbons (Fsp3) is 0.333. The number of hydrogen-bond acceptors (Lipinski definition) is 8. The molecule has 9 rings (SSSR count). The van der Waals surface area contributed by atoms with E-state index in [1.807, 2.05) is 26.2 Å². The molecule has 0 aliphatic carbocycles. The van der Waals surface area contributed by atoms with Gasteiger partial charge in [-0.3, -0.25) is 9.97 Å². The maximum atomic E-state index is 11.8. The molecule has 4 aromatic carbocycles. The molecule has 0 saturated heterocycles. The standard InChI is InChI=1S/C60H66N8O2/c1-33-23-35(39-19-17-21-45-49(39)65-55(67(45)15)41-29-47(57(3,4)5)63-53(51(41)69)59(9,10)11)27-37(25-33)43-31-44(62-32-61-43)38-26-34(2)24-36(28-38)40-20-18-22-46-50(40)66-56(68(46)16)42-30-48(58(6,7)8)64-54(52(42)70)60(12,13)14/h17-32,69-70H,1-16H3. The van der Waals surface area contributed by atoms with Gasteiger partial charge in [0.2, 0.25) is 0 Å². The van der Waals surface area contributed by atoms with Gasteiger partial charge in [-0.15, -0.1) is 0 Å². The van der Waals surface area contributed by atoms with Gasteiger partial charge >= 0.3 is 0 Å². The van der Waals surface area contributed by atoms with E-state index in [9.17, 15) is 10.2 Å². The normalized spacial score (nSPS) is 12.7. The first-order chi connectivity index (χ1) is 32.7. The van der Waals surface area contributed by atoms with Crippen LogP contribution in [0.15, 0.2) is 97.3 Å². The van der Waals surface area contributed by atoms with Crippen molar-refractivity contribution >= 4 is 22.1 Å². The summed E-state index contributed by atoms with van der Waals surface area (Å²) in [6.45, 7) is 29.5. The molecular formula is C60H66N8O2. The lowest BCUT2D eigenvalue weighted by Crippen LogP contribution is -2.20. The largest absolute Gasteiger partial charge is 0.505 e. The predicted octanol–water partition coefficient (Wildman–Crippen LogP) is 14.3. The Morgan fingerprint density at radius 3 is 1.14 bits per heavy atom. The highest BCUT2D eigenvalue weighted by Crippen LogP contribution is 2.44. The summed E-state index contributed by atoms with van der Waals surface area (Å²) in [5, 5.41) is 23.6. The molecule has 0 saturated carbocycles. The Labute approximate surface area is 412 Å². The van der Waals surface area contributed by atoms with Crippen molar-refractivity contribution in [1.82, 2.24) is 39.0 Å². The molecule has 0 amide bonds. The van der Waals surface area contributed by atoms with Crippen LogP contribution >= 0.6 is 0 Å². The van der Waals surface area contributed by atoms with Gasteiger partial charge in [-0.1, -0.05) is 119 Å². The first-order valence-corrected chi connectivity index (χ1v) is 24.2. The van der Waals surface area contributed by atoms with Gasteiger partial charge in [-0.25, -0.2) is 19.9 Å². The molecule has 2 N–H and O–H groups in total. The SMILES string of the molecule is Cc1cc(-c2cc(-c3cc(C)cc(-c4cccc5c4nc(-c4cc(C(C)(C)C)nc(C(C)(C)C)c4O)n5C)c3)ncn2)cc(-c2cccc3c2nc(-c2cc(C(C)(C)C)nc(C(C)(C)C)c2O)n3C)c1. The molecule has 10 heteroatoms. The second-order valence-electron chi connectivity index (χ2n) is 23.3. The molecule has 10 nitrogen and oxygen atoms in total. The molecule has 5 heterocycles. The van der Waals surface area contributed by atoms with Crippen molar-refractivity contribution in [3.05, 3.63) is 131 Å². The average molecular weight is 931 g/mol. The van der Waals surface area contributed by atoms with Crippen LogP contribution in [0.25, 0.3) is 89.6 Å². The van der Waals surface area contributed by atoms with Crippen molar-refractivity contribution in [2.24, 2.45) is 14.1 Å². The van der Waals surface area contributed by atoms with Crippen molar-refractivity contribution in [2.75, 3.05) is 0 Å². The van der Waals surface area contributed by atoms with Gasteiger partial charge in [0.05, 0.1) is 56.0 Å². The van der Waals surface area contributed by atoms with Crippen LogP contribution in [0.4, 0.5) is 0 Å². The monoisotopic (exact) mass is 931 g/mol. The third kappa shape index (κ3) is 8.62. The summed E-state index contributed by atoms with van der Waals surface area (Å²) in [4.78, 5) is 30.2. The summed E-state index contributed by atoms with van der Waals surface area (Å²) >= 11 is 0. The predicted molar refractivity (Wildman–Crippen MR) is 286 cm³/mol. The Hall–Kier alpha value is -7.20. The van der Waals surface area contributed by atoms with E-state index in [2.05, 4.69) is 185 Å². The molecule has 9 aromatic rings. The molecule has 0 radical (unpaired) electrons. The van der Waals surface area contributed by atoms with E-state index in [0.29, 0.717) is 34.2 Å². The van der Waals surface area contributed by atoms with Crippen molar-refractivity contribution in [3.63, 3.8) is 0 Å². The highest BCUT2D eigenvalue weighted by atomic mass is 16.3. The summed E-state index contributed by atoms with van der Waals surface area (Å²) in [5.41, 5.74) is 16.5. The minimum Gasteiger partial charge on any atom is -0.505 e. The van der Waals surface area contributed by atoms with Gasteiger partial charge in [0.1, 0.15) is 29.5 Å².